The van der Waals surface area contributed by atoms with E-state index in [0.717, 1.165) is 0 Å². The number of aliphatic hydroxyl groups excluding tert-OH is 2. The monoisotopic (exact) mass is 564 g/mol. The number of ether oxygens (including phenoxy) is 1. The van der Waals surface area contributed by atoms with E-state index in [0.29, 0.717) is 0 Å². The minimum atomic E-state index is -4.53. The number of aromatic nitrogens is 2. The number of nitrogens with zero attached hydrogens (tertiary/aromatic N) is 1. The summed E-state index contributed by atoms with van der Waals surface area (Å²) in [4.78, 5) is 17.0. The van der Waals surface area contributed by atoms with Gasteiger partial charge >= 0.3 is 7.60 Å². The van der Waals surface area contributed by atoms with Gasteiger partial charge in [0.2, 0.25) is 5.95 Å². The Kier molecular flexibility index (Phi) is 8.98. The summed E-state index contributed by atoms with van der Waals surface area (Å²) in [7, 11) is -4.53. The van der Waals surface area contributed by atoms with E-state index in [1.807, 2.05) is 0 Å². The van der Waals surface area contributed by atoms with Gasteiger partial charge in [0, 0.05) is 17.5 Å². The molecule has 5 unspecified atom stereocenters. The summed E-state index contributed by atoms with van der Waals surface area (Å²) in [5.41, 5.74) is -1.49. The molecule has 1 fully saturated rings. The number of hydrogen-bond acceptors (Lipinski definition) is 8. The second-order valence-electron chi connectivity index (χ2n) is 9.63. The molecule has 3 rings (SSSR count). The molecule has 13 heteroatoms. The predicted molar refractivity (Wildman–Crippen MR) is 136 cm³/mol. The quantitative estimate of drug-likeness (QED) is 0.157. The van der Waals surface area contributed by atoms with Crippen LogP contribution in [0.1, 0.15) is 77.0 Å². The number of H-pyrrole nitrogens is 1. The van der Waals surface area contributed by atoms with Gasteiger partial charge in [0.15, 0.2) is 5.34 Å². The van der Waals surface area contributed by atoms with Crippen LogP contribution in [0.3, 0.4) is 0 Å². The zero-order valence-electron chi connectivity index (χ0n) is 21.5. The first kappa shape index (κ1) is 30.2. The molecule has 1 aliphatic heterocycles. The van der Waals surface area contributed by atoms with Gasteiger partial charge < -0.3 is 29.9 Å². The number of pyridine rings is 2. The third-order valence-electron chi connectivity index (χ3n) is 7.64. The number of hydrogen-bond donors (Lipinski definition) is 5. The summed E-state index contributed by atoms with van der Waals surface area (Å²) in [5.74, 6) is -1.83. The number of halogens is 2. The van der Waals surface area contributed by atoms with Gasteiger partial charge in [0.05, 0.1) is 17.1 Å². The summed E-state index contributed by atoms with van der Waals surface area (Å²) in [6.07, 6.45) is -4.68. The van der Waals surface area contributed by atoms with Gasteiger partial charge in [-0.2, -0.15) is 4.39 Å². The molecule has 0 saturated carbocycles. The van der Waals surface area contributed by atoms with Crippen molar-refractivity contribution in [1.82, 2.24) is 9.97 Å². The van der Waals surface area contributed by atoms with Crippen molar-refractivity contribution in [3.63, 3.8) is 0 Å². The standard InChI is InChI=1S/C24H35F2N2O7PS/c1-6-23(7-2,35-36(32,33)24(31,8-3)9-4)11-15-17(29)18(30)19(34-15)14-10-13-16(25)12(5)20(26)27-21(13)28-22(14)37/h10,15,17-19,29-31H,6-9,11H2,1-5H3,(H,32,33)(H,27,28,37). The molecular weight excluding hydrogens is 529 g/mol. The van der Waals surface area contributed by atoms with E-state index in [4.69, 9.17) is 21.5 Å². The van der Waals surface area contributed by atoms with Crippen LogP contribution in [-0.4, -0.2) is 59.4 Å². The molecule has 208 valence electrons. The zero-order valence-corrected chi connectivity index (χ0v) is 23.2. The molecule has 0 bridgehead atoms. The summed E-state index contributed by atoms with van der Waals surface area (Å²) in [6, 6.07) is 1.31. The Morgan fingerprint density at radius 1 is 1.16 bits per heavy atom. The van der Waals surface area contributed by atoms with E-state index in [-0.39, 0.29) is 58.9 Å². The second kappa shape index (κ2) is 11.0. The highest BCUT2D eigenvalue weighted by Crippen LogP contribution is 2.61. The lowest BCUT2D eigenvalue weighted by Crippen LogP contribution is -2.42. The Morgan fingerprint density at radius 2 is 1.76 bits per heavy atom. The Hall–Kier alpha value is -1.37. The number of fused-ring (bicyclic) bond motifs is 1. The summed E-state index contributed by atoms with van der Waals surface area (Å²) < 4.78 is 53.5. The van der Waals surface area contributed by atoms with Crippen LogP contribution in [0.5, 0.6) is 0 Å². The molecule has 9 nitrogen and oxygen atoms in total. The molecule has 0 aromatic carbocycles. The van der Waals surface area contributed by atoms with Crippen molar-refractivity contribution in [2.24, 2.45) is 0 Å². The van der Waals surface area contributed by atoms with Crippen LogP contribution in [0.25, 0.3) is 11.0 Å². The van der Waals surface area contributed by atoms with Gasteiger partial charge in [-0.25, -0.2) is 9.37 Å². The highest BCUT2D eigenvalue weighted by molar-refractivity contribution is 7.71. The number of nitrogens with one attached hydrogen (secondary N) is 1. The van der Waals surface area contributed by atoms with Crippen molar-refractivity contribution in [2.75, 3.05) is 0 Å². The number of aliphatic hydroxyl groups is 3. The molecule has 0 aliphatic carbocycles. The zero-order chi connectivity index (χ0) is 27.9. The minimum absolute atomic E-state index is 0.001000. The molecule has 37 heavy (non-hydrogen) atoms. The lowest BCUT2D eigenvalue weighted by atomic mass is 9.88. The Labute approximate surface area is 219 Å². The molecule has 0 spiro atoms. The van der Waals surface area contributed by atoms with E-state index in [1.54, 1.807) is 27.7 Å². The van der Waals surface area contributed by atoms with Gasteiger partial charge in [-0.15, -0.1) is 0 Å². The molecule has 1 saturated heterocycles. The second-order valence-corrected chi connectivity index (χ2v) is 12.1. The maximum Gasteiger partial charge on any atom is 0.359 e. The molecule has 0 radical (unpaired) electrons. The van der Waals surface area contributed by atoms with E-state index >= 15 is 0 Å². The van der Waals surface area contributed by atoms with Crippen LogP contribution in [0.2, 0.25) is 0 Å². The molecule has 2 aromatic heterocycles. The first-order valence-corrected chi connectivity index (χ1v) is 14.3. The third-order valence-corrected chi connectivity index (χ3v) is 10.3. The van der Waals surface area contributed by atoms with Crippen LogP contribution in [0, 0.1) is 23.3 Å². The third kappa shape index (κ3) is 5.40. The summed E-state index contributed by atoms with van der Waals surface area (Å²) in [6.45, 7) is 7.90. The largest absolute Gasteiger partial charge is 0.388 e. The van der Waals surface area contributed by atoms with Crippen LogP contribution in [0.4, 0.5) is 8.78 Å². The van der Waals surface area contributed by atoms with Crippen LogP contribution in [-0.2, 0) is 13.8 Å². The summed E-state index contributed by atoms with van der Waals surface area (Å²) in [5, 5.41) is 30.4. The van der Waals surface area contributed by atoms with Crippen molar-refractivity contribution in [3.05, 3.63) is 33.6 Å². The SMILES string of the molecule is CCC(CC)(CC1OC(c2cc3c(F)c(C)c(F)nc3[nH]c2=S)C(O)C1O)OP(=O)(O)C(O)(CC)CC. The molecule has 5 atom stereocenters. The maximum absolute atomic E-state index is 14.8. The fraction of sp³-hybridized carbons (Fsp3) is 0.667. The highest BCUT2D eigenvalue weighted by Gasteiger charge is 2.52. The van der Waals surface area contributed by atoms with Crippen molar-refractivity contribution < 1.29 is 42.8 Å². The topological polar surface area (TPSA) is 145 Å². The molecule has 2 aromatic rings. The van der Waals surface area contributed by atoms with E-state index in [1.165, 1.54) is 13.0 Å². The Bertz CT molecular complexity index is 1250. The fourth-order valence-corrected chi connectivity index (χ4v) is 6.82. The number of aromatic amines is 1. The van der Waals surface area contributed by atoms with E-state index < -0.39 is 54.7 Å². The van der Waals surface area contributed by atoms with Crippen LogP contribution >= 0.6 is 19.8 Å². The van der Waals surface area contributed by atoms with E-state index in [9.17, 15) is 33.6 Å². The predicted octanol–water partition coefficient (Wildman–Crippen LogP) is 4.70. The Morgan fingerprint density at radius 3 is 2.30 bits per heavy atom. The van der Waals surface area contributed by atoms with Gasteiger partial charge in [0.25, 0.3) is 0 Å². The maximum atomic E-state index is 14.8. The van der Waals surface area contributed by atoms with Gasteiger partial charge in [-0.3, -0.25) is 9.09 Å². The van der Waals surface area contributed by atoms with Crippen LogP contribution in [0.15, 0.2) is 6.07 Å². The molecule has 1 aliphatic rings. The van der Waals surface area contributed by atoms with Crippen molar-refractivity contribution >= 4 is 30.8 Å². The van der Waals surface area contributed by atoms with Crippen molar-refractivity contribution in [3.8, 4) is 0 Å². The van der Waals surface area contributed by atoms with Gasteiger partial charge in [-0.05, 0) is 38.7 Å². The lowest BCUT2D eigenvalue weighted by molar-refractivity contribution is -0.0630. The average molecular weight is 565 g/mol. The van der Waals surface area contributed by atoms with Crippen molar-refractivity contribution in [2.45, 2.75) is 102 Å². The molecule has 3 heterocycles. The first-order chi connectivity index (χ1) is 17.2. The minimum Gasteiger partial charge on any atom is -0.388 e. The fourth-order valence-electron chi connectivity index (χ4n) is 4.72. The normalized spacial score (nSPS) is 24.5. The average Bonchev–Trinajstić information content (AvgIpc) is 3.13. The highest BCUT2D eigenvalue weighted by atomic mass is 32.1. The molecular formula is C24H35F2N2O7PS. The number of rotatable bonds is 10. The smallest absolute Gasteiger partial charge is 0.359 e. The van der Waals surface area contributed by atoms with Crippen LogP contribution < -0.4 is 0 Å². The summed E-state index contributed by atoms with van der Waals surface area (Å²) >= 11 is 5.32. The lowest BCUT2D eigenvalue weighted by Gasteiger charge is -2.40. The van der Waals surface area contributed by atoms with Crippen molar-refractivity contribution in [1.29, 1.82) is 0 Å². The van der Waals surface area contributed by atoms with Gasteiger partial charge in [0.1, 0.15) is 34.4 Å². The molecule has 5 N–H and O–H groups in total. The molecule has 0 amide bonds. The van der Waals surface area contributed by atoms with E-state index in [2.05, 4.69) is 9.97 Å². The van der Waals surface area contributed by atoms with Gasteiger partial charge in [-0.1, -0.05) is 39.9 Å². The first-order valence-electron chi connectivity index (χ1n) is 12.4. The Balaban J connectivity index is 1.95.